The number of benzene rings is 1. The minimum atomic E-state index is 0.211. The van der Waals surface area contributed by atoms with Crippen LogP contribution >= 0.6 is 11.6 Å². The van der Waals surface area contributed by atoms with Crippen molar-refractivity contribution < 1.29 is 0 Å². The Kier molecular flexibility index (Phi) is 5.72. The van der Waals surface area contributed by atoms with Gasteiger partial charge in [0.15, 0.2) is 0 Å². The van der Waals surface area contributed by atoms with Gasteiger partial charge in [0.1, 0.15) is 0 Å². The van der Waals surface area contributed by atoms with Crippen LogP contribution in [-0.4, -0.2) is 5.38 Å². The van der Waals surface area contributed by atoms with E-state index in [9.17, 15) is 0 Å². The van der Waals surface area contributed by atoms with Crippen LogP contribution in [0.2, 0.25) is 0 Å². The summed E-state index contributed by atoms with van der Waals surface area (Å²) >= 11 is 6.39. The zero-order valence-corrected chi connectivity index (χ0v) is 13.2. The first-order chi connectivity index (χ1) is 8.30. The first kappa shape index (κ1) is 15.6. The van der Waals surface area contributed by atoms with Crippen molar-refractivity contribution in [2.24, 2.45) is 5.41 Å². The molecule has 18 heavy (non-hydrogen) atoms. The highest BCUT2D eigenvalue weighted by molar-refractivity contribution is 6.21. The second-order valence-electron chi connectivity index (χ2n) is 6.62. The summed E-state index contributed by atoms with van der Waals surface area (Å²) < 4.78 is 0. The molecule has 1 heteroatoms. The van der Waals surface area contributed by atoms with Crippen LogP contribution in [0.25, 0.3) is 0 Å². The predicted molar refractivity (Wildman–Crippen MR) is 82.6 cm³/mol. The van der Waals surface area contributed by atoms with E-state index in [0.29, 0.717) is 5.92 Å². The molecule has 0 aliphatic carbocycles. The first-order valence-corrected chi connectivity index (χ1v) is 7.47. The summed E-state index contributed by atoms with van der Waals surface area (Å²) in [5, 5.41) is 0.271. The quantitative estimate of drug-likeness (QED) is 0.592. The average Bonchev–Trinajstić information content (AvgIpc) is 2.28. The maximum absolute atomic E-state index is 6.39. The summed E-state index contributed by atoms with van der Waals surface area (Å²) in [7, 11) is 0. The molecule has 0 aromatic heterocycles. The Morgan fingerprint density at radius 2 is 1.61 bits per heavy atom. The van der Waals surface area contributed by atoms with E-state index in [-0.39, 0.29) is 10.8 Å². The van der Waals surface area contributed by atoms with Crippen LogP contribution in [0, 0.1) is 5.41 Å². The van der Waals surface area contributed by atoms with E-state index in [1.165, 1.54) is 17.5 Å². The molecule has 0 heterocycles. The molecule has 0 saturated carbocycles. The summed E-state index contributed by atoms with van der Waals surface area (Å²) in [5.41, 5.74) is 3.06. The zero-order chi connectivity index (χ0) is 13.8. The zero-order valence-electron chi connectivity index (χ0n) is 12.5. The summed E-state index contributed by atoms with van der Waals surface area (Å²) in [6.45, 7) is 11.1. The second kappa shape index (κ2) is 6.61. The van der Waals surface area contributed by atoms with Crippen LogP contribution in [-0.2, 0) is 6.42 Å². The van der Waals surface area contributed by atoms with Crippen LogP contribution in [0.15, 0.2) is 24.3 Å². The molecule has 0 aliphatic heterocycles. The minimum Gasteiger partial charge on any atom is -0.122 e. The van der Waals surface area contributed by atoms with Crippen molar-refractivity contribution in [3.63, 3.8) is 0 Å². The van der Waals surface area contributed by atoms with Crippen molar-refractivity contribution in [2.75, 3.05) is 0 Å². The number of halogens is 1. The molecule has 1 aromatic rings. The van der Waals surface area contributed by atoms with Gasteiger partial charge >= 0.3 is 0 Å². The van der Waals surface area contributed by atoms with E-state index in [1.807, 2.05) is 0 Å². The van der Waals surface area contributed by atoms with E-state index in [0.717, 1.165) is 12.8 Å². The maximum Gasteiger partial charge on any atom is 0.0384 e. The van der Waals surface area contributed by atoms with Crippen molar-refractivity contribution in [3.8, 4) is 0 Å². The fourth-order valence-electron chi connectivity index (χ4n) is 1.99. The van der Waals surface area contributed by atoms with Gasteiger partial charge in [0.25, 0.3) is 0 Å². The number of hydrogen-bond acceptors (Lipinski definition) is 0. The van der Waals surface area contributed by atoms with Crippen LogP contribution < -0.4 is 0 Å². The van der Waals surface area contributed by atoms with Gasteiger partial charge in [-0.25, -0.2) is 0 Å². The Bertz CT molecular complexity index is 343. The monoisotopic (exact) mass is 266 g/mol. The standard InChI is InChI=1S/C17H27Cl/c1-13(2)15-11-9-14(10-12-15)7-6-8-16(18)17(3,4)5/h9-13,16H,6-8H2,1-5H3. The summed E-state index contributed by atoms with van der Waals surface area (Å²) in [5.74, 6) is 0.618. The van der Waals surface area contributed by atoms with E-state index in [2.05, 4.69) is 58.9 Å². The molecule has 0 aliphatic rings. The second-order valence-corrected chi connectivity index (χ2v) is 7.15. The van der Waals surface area contributed by atoms with Gasteiger partial charge in [-0.05, 0) is 41.7 Å². The molecule has 1 rings (SSSR count). The lowest BCUT2D eigenvalue weighted by Gasteiger charge is -2.25. The van der Waals surface area contributed by atoms with Gasteiger partial charge in [0.2, 0.25) is 0 Å². The fraction of sp³-hybridized carbons (Fsp3) is 0.647. The SMILES string of the molecule is CC(C)c1ccc(CCCC(Cl)C(C)(C)C)cc1. The molecule has 1 atom stereocenters. The number of alkyl halides is 1. The third-order valence-electron chi connectivity index (χ3n) is 3.51. The molecular formula is C17H27Cl. The Morgan fingerprint density at radius 3 is 2.06 bits per heavy atom. The number of aryl methyl sites for hydroxylation is 1. The predicted octanol–water partition coefficient (Wildman–Crippen LogP) is 5.79. The topological polar surface area (TPSA) is 0 Å². The lowest BCUT2D eigenvalue weighted by molar-refractivity contribution is 0.369. The Labute approximate surface area is 118 Å². The minimum absolute atomic E-state index is 0.211. The molecule has 0 bridgehead atoms. The van der Waals surface area contributed by atoms with Crippen LogP contribution in [0.3, 0.4) is 0 Å². The molecule has 0 N–H and O–H groups in total. The molecule has 0 nitrogen and oxygen atoms in total. The van der Waals surface area contributed by atoms with Crippen molar-refractivity contribution in [3.05, 3.63) is 35.4 Å². The van der Waals surface area contributed by atoms with Gasteiger partial charge in [-0.1, -0.05) is 58.9 Å². The largest absolute Gasteiger partial charge is 0.122 e. The molecule has 1 unspecified atom stereocenters. The van der Waals surface area contributed by atoms with Gasteiger partial charge in [-0.3, -0.25) is 0 Å². The van der Waals surface area contributed by atoms with Gasteiger partial charge in [0.05, 0.1) is 0 Å². The molecule has 102 valence electrons. The summed E-state index contributed by atoms with van der Waals surface area (Å²) in [6, 6.07) is 9.02. The highest BCUT2D eigenvalue weighted by atomic mass is 35.5. The smallest absolute Gasteiger partial charge is 0.0384 e. The molecule has 0 fully saturated rings. The van der Waals surface area contributed by atoms with Crippen molar-refractivity contribution in [2.45, 2.75) is 65.2 Å². The van der Waals surface area contributed by atoms with Crippen molar-refractivity contribution in [1.29, 1.82) is 0 Å². The molecule has 0 radical (unpaired) electrons. The highest BCUT2D eigenvalue weighted by Crippen LogP contribution is 2.28. The number of hydrogen-bond donors (Lipinski definition) is 0. The van der Waals surface area contributed by atoms with Gasteiger partial charge in [-0.2, -0.15) is 0 Å². The first-order valence-electron chi connectivity index (χ1n) is 7.03. The van der Waals surface area contributed by atoms with Crippen molar-refractivity contribution >= 4 is 11.6 Å². The van der Waals surface area contributed by atoms with E-state index in [4.69, 9.17) is 11.6 Å². The molecule has 0 amide bonds. The molecular weight excluding hydrogens is 240 g/mol. The summed E-state index contributed by atoms with van der Waals surface area (Å²) in [6.07, 6.45) is 3.40. The third-order valence-corrected chi connectivity index (χ3v) is 4.38. The molecule has 0 spiro atoms. The lowest BCUT2D eigenvalue weighted by Crippen LogP contribution is -2.20. The maximum atomic E-state index is 6.39. The van der Waals surface area contributed by atoms with Crippen molar-refractivity contribution in [1.82, 2.24) is 0 Å². The van der Waals surface area contributed by atoms with Crippen LogP contribution in [0.5, 0.6) is 0 Å². The van der Waals surface area contributed by atoms with Crippen LogP contribution in [0.4, 0.5) is 0 Å². The van der Waals surface area contributed by atoms with Gasteiger partial charge in [0, 0.05) is 5.38 Å². The fourth-order valence-corrected chi connectivity index (χ4v) is 2.14. The average molecular weight is 267 g/mol. The van der Waals surface area contributed by atoms with E-state index in [1.54, 1.807) is 0 Å². The lowest BCUT2D eigenvalue weighted by atomic mass is 9.88. The summed E-state index contributed by atoms with van der Waals surface area (Å²) in [4.78, 5) is 0. The Hall–Kier alpha value is -0.490. The normalized spacial score (nSPS) is 13.9. The molecule has 0 saturated heterocycles. The Morgan fingerprint density at radius 1 is 1.06 bits per heavy atom. The van der Waals surface area contributed by atoms with Gasteiger partial charge in [-0.15, -0.1) is 11.6 Å². The van der Waals surface area contributed by atoms with E-state index < -0.39 is 0 Å². The van der Waals surface area contributed by atoms with Crippen LogP contribution in [0.1, 0.15) is 64.5 Å². The van der Waals surface area contributed by atoms with E-state index >= 15 is 0 Å². The molecule has 1 aromatic carbocycles. The Balaban J connectivity index is 2.40. The highest BCUT2D eigenvalue weighted by Gasteiger charge is 2.21. The number of rotatable bonds is 5. The third kappa shape index (κ3) is 5.02. The van der Waals surface area contributed by atoms with Gasteiger partial charge < -0.3 is 0 Å².